The molecule has 2 aromatic rings. The SMILES string of the molecule is NC(=O)c1cccc(OS(=O)(=O)c2ccc3c(c2)CCCC3)c1. The lowest BCUT2D eigenvalue weighted by Gasteiger charge is -2.16. The van der Waals surface area contributed by atoms with Crippen LogP contribution in [-0.2, 0) is 23.0 Å². The van der Waals surface area contributed by atoms with Crippen LogP contribution < -0.4 is 9.92 Å². The van der Waals surface area contributed by atoms with Crippen molar-refractivity contribution in [3.8, 4) is 5.75 Å². The highest BCUT2D eigenvalue weighted by Gasteiger charge is 2.20. The number of fused-ring (bicyclic) bond motifs is 1. The molecule has 0 bridgehead atoms. The second-order valence-corrected chi connectivity index (χ2v) is 7.11. The van der Waals surface area contributed by atoms with E-state index >= 15 is 0 Å². The Morgan fingerprint density at radius 2 is 1.74 bits per heavy atom. The Morgan fingerprint density at radius 3 is 2.48 bits per heavy atom. The molecule has 2 N–H and O–H groups in total. The van der Waals surface area contributed by atoms with Gasteiger partial charge in [0.25, 0.3) is 0 Å². The summed E-state index contributed by atoms with van der Waals surface area (Å²) in [6.07, 6.45) is 4.07. The van der Waals surface area contributed by atoms with Gasteiger partial charge in [0.1, 0.15) is 10.6 Å². The van der Waals surface area contributed by atoms with Crippen LogP contribution >= 0.6 is 0 Å². The van der Waals surface area contributed by atoms with Gasteiger partial charge in [0.05, 0.1) is 0 Å². The molecule has 1 amide bonds. The average molecular weight is 331 g/mol. The summed E-state index contributed by atoms with van der Waals surface area (Å²) in [6, 6.07) is 10.9. The highest BCUT2D eigenvalue weighted by molar-refractivity contribution is 7.87. The Bertz CT molecular complexity index is 859. The first-order valence-corrected chi connectivity index (χ1v) is 8.83. The Labute approximate surface area is 135 Å². The van der Waals surface area contributed by atoms with E-state index in [1.807, 2.05) is 6.07 Å². The molecule has 0 unspecified atom stereocenters. The Hall–Kier alpha value is -2.34. The zero-order valence-corrected chi connectivity index (χ0v) is 13.3. The van der Waals surface area contributed by atoms with Gasteiger partial charge in [0, 0.05) is 5.56 Å². The number of carbonyl (C=O) groups is 1. The maximum Gasteiger partial charge on any atom is 0.339 e. The lowest BCUT2D eigenvalue weighted by Crippen LogP contribution is -2.13. The third-order valence-electron chi connectivity index (χ3n) is 3.93. The monoisotopic (exact) mass is 331 g/mol. The van der Waals surface area contributed by atoms with Crippen LogP contribution in [0, 0.1) is 0 Å². The van der Waals surface area contributed by atoms with Crippen LogP contribution in [0.4, 0.5) is 0 Å². The van der Waals surface area contributed by atoms with Gasteiger partial charge in [-0.2, -0.15) is 8.42 Å². The van der Waals surface area contributed by atoms with Crippen molar-refractivity contribution in [1.82, 2.24) is 0 Å². The molecule has 23 heavy (non-hydrogen) atoms. The molecule has 3 rings (SSSR count). The summed E-state index contributed by atoms with van der Waals surface area (Å²) < 4.78 is 30.0. The quantitative estimate of drug-likeness (QED) is 0.872. The molecule has 6 heteroatoms. The molecule has 120 valence electrons. The zero-order valence-electron chi connectivity index (χ0n) is 12.5. The molecule has 0 spiro atoms. The van der Waals surface area contributed by atoms with Crippen LogP contribution in [0.2, 0.25) is 0 Å². The first-order valence-electron chi connectivity index (χ1n) is 7.42. The predicted octanol–water partition coefficient (Wildman–Crippen LogP) is 2.43. The van der Waals surface area contributed by atoms with Crippen LogP contribution in [-0.4, -0.2) is 14.3 Å². The normalized spacial score (nSPS) is 14.1. The van der Waals surface area contributed by atoms with Gasteiger partial charge >= 0.3 is 10.1 Å². The van der Waals surface area contributed by atoms with Crippen molar-refractivity contribution in [1.29, 1.82) is 0 Å². The highest BCUT2D eigenvalue weighted by Crippen LogP contribution is 2.26. The van der Waals surface area contributed by atoms with Crippen LogP contribution in [0.15, 0.2) is 47.4 Å². The number of hydrogen-bond donors (Lipinski definition) is 1. The van der Waals surface area contributed by atoms with E-state index in [1.165, 1.54) is 29.8 Å². The molecule has 2 aromatic carbocycles. The fourth-order valence-electron chi connectivity index (χ4n) is 2.74. The molecule has 0 heterocycles. The number of amides is 1. The molecule has 0 aromatic heterocycles. The van der Waals surface area contributed by atoms with E-state index in [0.29, 0.717) is 0 Å². The smallest absolute Gasteiger partial charge is 0.339 e. The number of hydrogen-bond acceptors (Lipinski definition) is 4. The first kappa shape index (κ1) is 15.6. The largest absolute Gasteiger partial charge is 0.379 e. The average Bonchev–Trinajstić information content (AvgIpc) is 2.54. The lowest BCUT2D eigenvalue weighted by atomic mass is 9.92. The molecular weight excluding hydrogens is 314 g/mol. The second-order valence-electron chi connectivity index (χ2n) is 5.57. The van der Waals surface area contributed by atoms with Crippen molar-refractivity contribution in [3.63, 3.8) is 0 Å². The molecular formula is C17H17NO4S. The van der Waals surface area contributed by atoms with Crippen molar-refractivity contribution in [2.45, 2.75) is 30.6 Å². The fourth-order valence-corrected chi connectivity index (χ4v) is 3.72. The summed E-state index contributed by atoms with van der Waals surface area (Å²) in [7, 11) is -3.94. The predicted molar refractivity (Wildman–Crippen MR) is 85.9 cm³/mol. The third-order valence-corrected chi connectivity index (χ3v) is 5.18. The standard InChI is InChI=1S/C17H17NO4S/c18-17(19)14-6-3-7-15(10-14)22-23(20,21)16-9-8-12-4-1-2-5-13(12)11-16/h3,6-11H,1-2,4-5H2,(H2,18,19). The topological polar surface area (TPSA) is 86.5 Å². The molecule has 0 saturated heterocycles. The minimum absolute atomic E-state index is 0.0685. The molecule has 1 aliphatic rings. The zero-order chi connectivity index (χ0) is 16.4. The van der Waals surface area contributed by atoms with E-state index in [4.69, 9.17) is 9.92 Å². The summed E-state index contributed by atoms with van der Waals surface area (Å²) in [6.45, 7) is 0. The molecule has 0 radical (unpaired) electrons. The lowest BCUT2D eigenvalue weighted by molar-refractivity contribution is 0.1000. The van der Waals surface area contributed by atoms with Gasteiger partial charge in [-0.05, 0) is 67.1 Å². The minimum atomic E-state index is -3.94. The van der Waals surface area contributed by atoms with E-state index in [2.05, 4.69) is 0 Å². The van der Waals surface area contributed by atoms with Crippen molar-refractivity contribution in [3.05, 3.63) is 59.2 Å². The van der Waals surface area contributed by atoms with Gasteiger partial charge in [-0.1, -0.05) is 12.1 Å². The molecule has 0 saturated carbocycles. The van der Waals surface area contributed by atoms with Gasteiger partial charge in [-0.3, -0.25) is 4.79 Å². The van der Waals surface area contributed by atoms with Crippen molar-refractivity contribution in [2.24, 2.45) is 5.73 Å². The van der Waals surface area contributed by atoms with Crippen molar-refractivity contribution >= 4 is 16.0 Å². The highest BCUT2D eigenvalue weighted by atomic mass is 32.2. The fraction of sp³-hybridized carbons (Fsp3) is 0.235. The number of benzene rings is 2. The van der Waals surface area contributed by atoms with Gasteiger partial charge in [-0.15, -0.1) is 0 Å². The summed E-state index contributed by atoms with van der Waals surface area (Å²) in [4.78, 5) is 11.3. The van der Waals surface area contributed by atoms with Gasteiger partial charge in [-0.25, -0.2) is 0 Å². The Morgan fingerprint density at radius 1 is 1.00 bits per heavy atom. The van der Waals surface area contributed by atoms with Crippen LogP contribution in [0.25, 0.3) is 0 Å². The Kier molecular flexibility index (Phi) is 4.09. The summed E-state index contributed by atoms with van der Waals surface area (Å²) in [5.74, 6) is -0.569. The van der Waals surface area contributed by atoms with Crippen molar-refractivity contribution in [2.75, 3.05) is 0 Å². The first-order chi connectivity index (χ1) is 11.0. The third kappa shape index (κ3) is 3.37. The maximum absolute atomic E-state index is 12.4. The van der Waals surface area contributed by atoms with E-state index in [-0.39, 0.29) is 16.2 Å². The van der Waals surface area contributed by atoms with E-state index in [9.17, 15) is 13.2 Å². The summed E-state index contributed by atoms with van der Waals surface area (Å²) in [5.41, 5.74) is 7.65. The number of aryl methyl sites for hydroxylation is 2. The second kappa shape index (κ2) is 6.04. The summed E-state index contributed by atoms with van der Waals surface area (Å²) >= 11 is 0. The Balaban J connectivity index is 1.90. The van der Waals surface area contributed by atoms with Crippen LogP contribution in [0.5, 0.6) is 5.75 Å². The molecule has 0 atom stereocenters. The van der Waals surface area contributed by atoms with Crippen LogP contribution in [0.1, 0.15) is 34.3 Å². The summed E-state index contributed by atoms with van der Waals surface area (Å²) in [5, 5.41) is 0. The maximum atomic E-state index is 12.4. The number of nitrogens with two attached hydrogens (primary N) is 1. The molecule has 5 nitrogen and oxygen atoms in total. The number of carbonyl (C=O) groups excluding carboxylic acids is 1. The van der Waals surface area contributed by atoms with E-state index in [1.54, 1.807) is 12.1 Å². The molecule has 0 aliphatic heterocycles. The molecule has 1 aliphatic carbocycles. The van der Waals surface area contributed by atoms with Gasteiger partial charge in [0.2, 0.25) is 5.91 Å². The van der Waals surface area contributed by atoms with Crippen molar-refractivity contribution < 1.29 is 17.4 Å². The molecule has 0 fully saturated rings. The van der Waals surface area contributed by atoms with Gasteiger partial charge in [0.15, 0.2) is 0 Å². The number of rotatable bonds is 4. The van der Waals surface area contributed by atoms with E-state index < -0.39 is 16.0 Å². The number of primary amides is 1. The van der Waals surface area contributed by atoms with Gasteiger partial charge < -0.3 is 9.92 Å². The minimum Gasteiger partial charge on any atom is -0.379 e. The van der Waals surface area contributed by atoms with E-state index in [0.717, 1.165) is 31.2 Å². The van der Waals surface area contributed by atoms with Crippen LogP contribution in [0.3, 0.4) is 0 Å².